The average Bonchev–Trinajstić information content (AvgIpc) is 3.05. The second-order valence-electron chi connectivity index (χ2n) is 5.87. The van der Waals surface area contributed by atoms with E-state index >= 15 is 0 Å². The molecule has 0 saturated carbocycles. The molecular formula is C20H24N4S. The minimum absolute atomic E-state index is 0.613. The minimum Gasteiger partial charge on any atom is -0.357 e. The fourth-order valence-corrected chi connectivity index (χ4v) is 3.50. The Bertz CT molecular complexity index is 848. The van der Waals surface area contributed by atoms with Crippen molar-refractivity contribution < 1.29 is 0 Å². The van der Waals surface area contributed by atoms with Crippen LogP contribution in [0.25, 0.3) is 10.8 Å². The van der Waals surface area contributed by atoms with Gasteiger partial charge < -0.3 is 10.6 Å². The number of thiazole rings is 1. The molecule has 1 aromatic heterocycles. The standard InChI is InChI=1S/C20H24N4S/c1-3-21-20(24-14-19-23-13-15(2)25-19)22-12-11-17-9-6-8-16-7-4-5-10-18(16)17/h4-10,13H,3,11-12,14H2,1-2H3,(H2,21,22,24). The number of rotatable bonds is 6. The lowest BCUT2D eigenvalue weighted by atomic mass is 10.0. The number of nitrogens with one attached hydrogen (secondary N) is 2. The highest BCUT2D eigenvalue weighted by atomic mass is 32.1. The van der Waals surface area contributed by atoms with Crippen molar-refractivity contribution in [2.75, 3.05) is 13.1 Å². The number of nitrogens with zero attached hydrogens (tertiary/aromatic N) is 2. The highest BCUT2D eigenvalue weighted by Crippen LogP contribution is 2.18. The molecule has 0 saturated heterocycles. The van der Waals surface area contributed by atoms with Crippen LogP contribution in [0.4, 0.5) is 0 Å². The zero-order valence-corrected chi connectivity index (χ0v) is 15.6. The first-order valence-corrected chi connectivity index (χ1v) is 9.48. The van der Waals surface area contributed by atoms with Crippen LogP contribution in [-0.4, -0.2) is 24.0 Å². The molecule has 3 aromatic rings. The van der Waals surface area contributed by atoms with E-state index < -0.39 is 0 Å². The highest BCUT2D eigenvalue weighted by Gasteiger charge is 2.03. The fourth-order valence-electron chi connectivity index (χ4n) is 2.79. The molecule has 0 aliphatic carbocycles. The van der Waals surface area contributed by atoms with Crippen LogP contribution in [0.5, 0.6) is 0 Å². The van der Waals surface area contributed by atoms with Crippen LogP contribution in [0.2, 0.25) is 0 Å². The molecule has 2 aromatic carbocycles. The van der Waals surface area contributed by atoms with Crippen LogP contribution in [0, 0.1) is 6.92 Å². The zero-order chi connectivity index (χ0) is 17.5. The van der Waals surface area contributed by atoms with Crippen LogP contribution in [0.15, 0.2) is 53.7 Å². The van der Waals surface area contributed by atoms with Crippen LogP contribution >= 0.6 is 11.3 Å². The quantitative estimate of drug-likeness (QED) is 0.522. The molecule has 0 bridgehead atoms. The molecule has 0 atom stereocenters. The number of fused-ring (bicyclic) bond motifs is 1. The van der Waals surface area contributed by atoms with Crippen LogP contribution in [-0.2, 0) is 13.0 Å². The molecule has 2 N–H and O–H groups in total. The molecule has 25 heavy (non-hydrogen) atoms. The largest absolute Gasteiger partial charge is 0.357 e. The first-order chi connectivity index (χ1) is 12.3. The SMILES string of the molecule is CCNC(=NCc1ncc(C)s1)NCCc1cccc2ccccc12. The summed E-state index contributed by atoms with van der Waals surface area (Å²) in [4.78, 5) is 10.2. The molecule has 3 rings (SSSR count). The van der Waals surface area contributed by atoms with E-state index in [0.717, 1.165) is 30.5 Å². The van der Waals surface area contributed by atoms with E-state index in [-0.39, 0.29) is 0 Å². The Morgan fingerprint density at radius 1 is 1.12 bits per heavy atom. The Labute approximate surface area is 153 Å². The summed E-state index contributed by atoms with van der Waals surface area (Å²) in [5.41, 5.74) is 1.36. The summed E-state index contributed by atoms with van der Waals surface area (Å²) in [5, 5.41) is 10.4. The minimum atomic E-state index is 0.613. The van der Waals surface area contributed by atoms with Crippen molar-refractivity contribution in [1.82, 2.24) is 15.6 Å². The van der Waals surface area contributed by atoms with Crippen molar-refractivity contribution in [3.8, 4) is 0 Å². The maximum absolute atomic E-state index is 4.63. The van der Waals surface area contributed by atoms with Gasteiger partial charge in [-0.1, -0.05) is 42.5 Å². The fraction of sp³-hybridized carbons (Fsp3) is 0.300. The van der Waals surface area contributed by atoms with E-state index in [1.165, 1.54) is 21.2 Å². The summed E-state index contributed by atoms with van der Waals surface area (Å²) >= 11 is 1.70. The lowest BCUT2D eigenvalue weighted by Gasteiger charge is -2.12. The Kier molecular flexibility index (Phi) is 6.01. The predicted molar refractivity (Wildman–Crippen MR) is 107 cm³/mol. The molecule has 1 heterocycles. The van der Waals surface area contributed by atoms with Gasteiger partial charge >= 0.3 is 0 Å². The van der Waals surface area contributed by atoms with Gasteiger partial charge in [-0.3, -0.25) is 0 Å². The molecule has 130 valence electrons. The number of aliphatic imine (C=N–C) groups is 1. The average molecular weight is 353 g/mol. The van der Waals surface area contributed by atoms with Crippen molar-refractivity contribution in [3.63, 3.8) is 0 Å². The molecule has 0 aliphatic heterocycles. The molecular weight excluding hydrogens is 328 g/mol. The Balaban J connectivity index is 1.61. The van der Waals surface area contributed by atoms with Gasteiger partial charge in [0.2, 0.25) is 0 Å². The van der Waals surface area contributed by atoms with E-state index in [4.69, 9.17) is 0 Å². The number of guanidine groups is 1. The summed E-state index contributed by atoms with van der Waals surface area (Å²) in [5.74, 6) is 0.843. The van der Waals surface area contributed by atoms with Gasteiger partial charge in [0.1, 0.15) is 5.01 Å². The van der Waals surface area contributed by atoms with Crippen LogP contribution in [0.3, 0.4) is 0 Å². The summed E-state index contributed by atoms with van der Waals surface area (Å²) in [6, 6.07) is 15.0. The number of aromatic nitrogens is 1. The van der Waals surface area contributed by atoms with Crippen LogP contribution in [0.1, 0.15) is 22.4 Å². The molecule has 0 radical (unpaired) electrons. The van der Waals surface area contributed by atoms with Gasteiger partial charge in [0, 0.05) is 24.2 Å². The van der Waals surface area contributed by atoms with Gasteiger partial charge in [-0.15, -0.1) is 11.3 Å². The van der Waals surface area contributed by atoms with Gasteiger partial charge in [0.05, 0.1) is 6.54 Å². The maximum Gasteiger partial charge on any atom is 0.191 e. The van der Waals surface area contributed by atoms with Gasteiger partial charge in [-0.2, -0.15) is 0 Å². The number of hydrogen-bond acceptors (Lipinski definition) is 3. The Hall–Kier alpha value is -2.40. The molecule has 0 fully saturated rings. The smallest absolute Gasteiger partial charge is 0.191 e. The summed E-state index contributed by atoms with van der Waals surface area (Å²) in [7, 11) is 0. The van der Waals surface area contributed by atoms with Crippen molar-refractivity contribution in [2.24, 2.45) is 4.99 Å². The maximum atomic E-state index is 4.63. The Morgan fingerprint density at radius 3 is 2.76 bits per heavy atom. The topological polar surface area (TPSA) is 49.3 Å². The summed E-state index contributed by atoms with van der Waals surface area (Å²) in [6.07, 6.45) is 2.86. The van der Waals surface area contributed by atoms with E-state index in [0.29, 0.717) is 6.54 Å². The first-order valence-electron chi connectivity index (χ1n) is 8.66. The van der Waals surface area contributed by atoms with Crippen molar-refractivity contribution in [2.45, 2.75) is 26.8 Å². The molecule has 0 aliphatic rings. The van der Waals surface area contributed by atoms with E-state index in [2.05, 4.69) is 76.9 Å². The molecule has 0 amide bonds. The van der Waals surface area contributed by atoms with Gasteiger partial charge in [-0.05, 0) is 36.6 Å². The van der Waals surface area contributed by atoms with Gasteiger partial charge in [-0.25, -0.2) is 9.98 Å². The monoisotopic (exact) mass is 352 g/mol. The lowest BCUT2D eigenvalue weighted by molar-refractivity contribution is 0.801. The van der Waals surface area contributed by atoms with Gasteiger partial charge in [0.25, 0.3) is 0 Å². The summed E-state index contributed by atoms with van der Waals surface area (Å²) < 4.78 is 0. The number of benzene rings is 2. The molecule has 0 unspecified atom stereocenters. The third-order valence-electron chi connectivity index (χ3n) is 3.95. The normalized spacial score (nSPS) is 11.7. The number of aryl methyl sites for hydroxylation is 1. The van der Waals surface area contributed by atoms with Crippen LogP contribution < -0.4 is 10.6 Å². The van der Waals surface area contributed by atoms with Gasteiger partial charge in [0.15, 0.2) is 5.96 Å². The summed E-state index contributed by atoms with van der Waals surface area (Å²) in [6.45, 7) is 6.45. The second kappa shape index (κ2) is 8.62. The van der Waals surface area contributed by atoms with E-state index in [1.54, 1.807) is 11.3 Å². The first kappa shape index (κ1) is 17.4. The molecule has 4 nitrogen and oxygen atoms in total. The van der Waals surface area contributed by atoms with Crippen molar-refractivity contribution >= 4 is 28.1 Å². The van der Waals surface area contributed by atoms with Crippen molar-refractivity contribution in [3.05, 3.63) is 64.1 Å². The third-order valence-corrected chi connectivity index (χ3v) is 4.85. The zero-order valence-electron chi connectivity index (χ0n) is 14.7. The molecule has 0 spiro atoms. The van der Waals surface area contributed by atoms with E-state index in [9.17, 15) is 0 Å². The lowest BCUT2D eigenvalue weighted by Crippen LogP contribution is -2.38. The predicted octanol–water partition coefficient (Wildman–Crippen LogP) is 3.90. The Morgan fingerprint density at radius 2 is 1.96 bits per heavy atom. The number of hydrogen-bond donors (Lipinski definition) is 2. The second-order valence-corrected chi connectivity index (χ2v) is 7.19. The van der Waals surface area contributed by atoms with E-state index in [1.807, 2.05) is 6.20 Å². The van der Waals surface area contributed by atoms with Crippen molar-refractivity contribution in [1.29, 1.82) is 0 Å². The molecule has 5 heteroatoms. The highest BCUT2D eigenvalue weighted by molar-refractivity contribution is 7.11. The third kappa shape index (κ3) is 4.79.